The summed E-state index contributed by atoms with van der Waals surface area (Å²) < 4.78 is 49.4. The standard InChI is InChI=1S/C24H29FN8O4S/c1-38(34,35)14-13-36-17-4-5-20(18(25)15-17)32-10-8-31(9-11-32)7-6-27-24-28-22-16-19(21-3-2-12-37-21)30-33(22)23(26)29-24/h2-5,12,15-16H,6-11,13-14H2,1H3,(H3,26,27,28,29). The summed E-state index contributed by atoms with van der Waals surface area (Å²) in [5, 5.41) is 7.61. The van der Waals surface area contributed by atoms with Gasteiger partial charge in [-0.3, -0.25) is 4.90 Å². The molecule has 0 bridgehead atoms. The molecule has 0 aliphatic carbocycles. The average Bonchev–Trinajstić information content (AvgIpc) is 3.54. The van der Waals surface area contributed by atoms with E-state index in [0.29, 0.717) is 54.1 Å². The Labute approximate surface area is 219 Å². The van der Waals surface area contributed by atoms with Crippen molar-refractivity contribution >= 4 is 33.1 Å². The molecule has 0 spiro atoms. The summed E-state index contributed by atoms with van der Waals surface area (Å²) in [7, 11) is -3.13. The number of piperazine rings is 1. The molecule has 0 amide bonds. The van der Waals surface area contributed by atoms with E-state index in [2.05, 4.69) is 25.3 Å². The normalized spacial score (nSPS) is 14.7. The first-order valence-electron chi connectivity index (χ1n) is 12.1. The minimum Gasteiger partial charge on any atom is -0.492 e. The lowest BCUT2D eigenvalue weighted by atomic mass is 10.2. The van der Waals surface area contributed by atoms with Crippen LogP contribution in [0.5, 0.6) is 5.75 Å². The molecule has 1 aliphatic heterocycles. The summed E-state index contributed by atoms with van der Waals surface area (Å²) in [5.74, 6) is 1.07. The number of halogens is 1. The van der Waals surface area contributed by atoms with E-state index in [1.165, 1.54) is 10.6 Å². The smallest absolute Gasteiger partial charge is 0.228 e. The Morgan fingerprint density at radius 3 is 2.68 bits per heavy atom. The first-order chi connectivity index (χ1) is 18.2. The molecule has 3 N–H and O–H groups in total. The largest absolute Gasteiger partial charge is 0.492 e. The zero-order chi connectivity index (χ0) is 26.7. The van der Waals surface area contributed by atoms with E-state index in [-0.39, 0.29) is 18.3 Å². The van der Waals surface area contributed by atoms with Gasteiger partial charge in [-0.1, -0.05) is 0 Å². The summed E-state index contributed by atoms with van der Waals surface area (Å²) in [6.07, 6.45) is 2.72. The van der Waals surface area contributed by atoms with Crippen LogP contribution in [0.2, 0.25) is 0 Å². The third-order valence-corrected chi connectivity index (χ3v) is 7.10. The number of anilines is 3. The van der Waals surface area contributed by atoms with Gasteiger partial charge in [0.05, 0.1) is 17.7 Å². The zero-order valence-electron chi connectivity index (χ0n) is 20.9. The number of nitrogen functional groups attached to an aromatic ring is 1. The van der Waals surface area contributed by atoms with Gasteiger partial charge in [0.2, 0.25) is 11.9 Å². The second-order valence-corrected chi connectivity index (χ2v) is 11.3. The predicted octanol–water partition coefficient (Wildman–Crippen LogP) is 1.76. The number of nitrogens with two attached hydrogens (primary N) is 1. The van der Waals surface area contributed by atoms with E-state index in [9.17, 15) is 12.8 Å². The topological polar surface area (TPSA) is 144 Å². The fourth-order valence-electron chi connectivity index (χ4n) is 4.22. The summed E-state index contributed by atoms with van der Waals surface area (Å²) in [4.78, 5) is 13.1. The SMILES string of the molecule is CS(=O)(=O)CCOc1ccc(N2CCN(CCNc3nc(N)n4nc(-c5ccco5)cc4n3)CC2)c(F)c1. The van der Waals surface area contributed by atoms with Gasteiger partial charge in [-0.05, 0) is 24.3 Å². The first-order valence-corrected chi connectivity index (χ1v) is 14.2. The molecule has 14 heteroatoms. The number of rotatable bonds is 10. The molecule has 0 radical (unpaired) electrons. The Balaban J connectivity index is 1.10. The number of furan rings is 1. The second kappa shape index (κ2) is 10.8. The van der Waals surface area contributed by atoms with Crippen molar-refractivity contribution < 1.29 is 22.0 Å². The Bertz CT molecular complexity index is 1500. The van der Waals surface area contributed by atoms with Gasteiger partial charge >= 0.3 is 0 Å². The maximum Gasteiger partial charge on any atom is 0.228 e. The first kappa shape index (κ1) is 25.7. The van der Waals surface area contributed by atoms with E-state index < -0.39 is 15.7 Å². The van der Waals surface area contributed by atoms with Crippen LogP contribution in [0.4, 0.5) is 22.0 Å². The summed E-state index contributed by atoms with van der Waals surface area (Å²) in [5.41, 5.74) is 7.76. The van der Waals surface area contributed by atoms with Gasteiger partial charge in [0.15, 0.2) is 21.2 Å². The highest BCUT2D eigenvalue weighted by Gasteiger charge is 2.20. The zero-order valence-corrected chi connectivity index (χ0v) is 21.7. The highest BCUT2D eigenvalue weighted by molar-refractivity contribution is 7.90. The van der Waals surface area contributed by atoms with Crippen LogP contribution in [-0.2, 0) is 9.84 Å². The predicted molar refractivity (Wildman–Crippen MR) is 142 cm³/mol. The molecule has 0 atom stereocenters. The molecule has 0 saturated carbocycles. The van der Waals surface area contributed by atoms with Crippen LogP contribution in [0.3, 0.4) is 0 Å². The highest BCUT2D eigenvalue weighted by Crippen LogP contribution is 2.25. The van der Waals surface area contributed by atoms with Crippen LogP contribution in [0.1, 0.15) is 0 Å². The molecule has 0 unspecified atom stereocenters. The number of nitrogens with zero attached hydrogens (tertiary/aromatic N) is 6. The van der Waals surface area contributed by atoms with Crippen molar-refractivity contribution in [2.24, 2.45) is 0 Å². The minimum atomic E-state index is -3.13. The van der Waals surface area contributed by atoms with Gasteiger partial charge in [-0.25, -0.2) is 12.8 Å². The number of ether oxygens (including phenoxy) is 1. The molecule has 1 saturated heterocycles. The van der Waals surface area contributed by atoms with Crippen LogP contribution in [0, 0.1) is 5.82 Å². The maximum atomic E-state index is 14.7. The molecule has 38 heavy (non-hydrogen) atoms. The van der Waals surface area contributed by atoms with Crippen molar-refractivity contribution in [2.75, 3.05) is 73.8 Å². The lowest BCUT2D eigenvalue weighted by Gasteiger charge is -2.36. The van der Waals surface area contributed by atoms with Crippen molar-refractivity contribution in [3.8, 4) is 17.2 Å². The molecular formula is C24H29FN8O4S. The molecule has 4 heterocycles. The summed E-state index contributed by atoms with van der Waals surface area (Å²) in [6.45, 7) is 4.25. The number of sulfone groups is 1. The minimum absolute atomic E-state index is 0.00965. The lowest BCUT2D eigenvalue weighted by molar-refractivity contribution is 0.266. The van der Waals surface area contributed by atoms with Crippen molar-refractivity contribution in [3.05, 3.63) is 48.5 Å². The van der Waals surface area contributed by atoms with E-state index in [1.54, 1.807) is 30.5 Å². The maximum absolute atomic E-state index is 14.7. The van der Waals surface area contributed by atoms with Crippen LogP contribution in [-0.4, -0.2) is 90.8 Å². The monoisotopic (exact) mass is 544 g/mol. The molecule has 4 aromatic rings. The molecule has 1 aromatic carbocycles. The van der Waals surface area contributed by atoms with Crippen LogP contribution in [0.15, 0.2) is 47.1 Å². The number of hydrogen-bond acceptors (Lipinski definition) is 11. The molecule has 1 fully saturated rings. The summed E-state index contributed by atoms with van der Waals surface area (Å²) in [6, 6.07) is 10.0. The van der Waals surface area contributed by atoms with Crippen molar-refractivity contribution in [1.82, 2.24) is 24.5 Å². The van der Waals surface area contributed by atoms with E-state index in [1.807, 2.05) is 11.0 Å². The van der Waals surface area contributed by atoms with Crippen molar-refractivity contribution in [3.63, 3.8) is 0 Å². The Morgan fingerprint density at radius 2 is 1.97 bits per heavy atom. The number of benzene rings is 1. The number of aromatic nitrogens is 4. The van der Waals surface area contributed by atoms with Crippen LogP contribution >= 0.6 is 0 Å². The van der Waals surface area contributed by atoms with Gasteiger partial charge in [-0.2, -0.15) is 19.6 Å². The number of fused-ring (bicyclic) bond motifs is 1. The molecular weight excluding hydrogens is 515 g/mol. The molecule has 1 aliphatic rings. The molecule has 5 rings (SSSR count). The van der Waals surface area contributed by atoms with E-state index in [0.717, 1.165) is 25.9 Å². The van der Waals surface area contributed by atoms with Crippen molar-refractivity contribution in [1.29, 1.82) is 0 Å². The Morgan fingerprint density at radius 1 is 1.16 bits per heavy atom. The molecule has 12 nitrogen and oxygen atoms in total. The fraction of sp³-hybridized carbons (Fsp3) is 0.375. The second-order valence-electron chi connectivity index (χ2n) is 9.03. The van der Waals surface area contributed by atoms with Gasteiger partial charge in [-0.15, -0.1) is 0 Å². The molecule has 202 valence electrons. The third-order valence-electron chi connectivity index (χ3n) is 6.19. The van der Waals surface area contributed by atoms with Crippen LogP contribution in [0.25, 0.3) is 17.1 Å². The number of nitrogens with one attached hydrogen (secondary N) is 1. The van der Waals surface area contributed by atoms with Crippen LogP contribution < -0.4 is 20.7 Å². The number of hydrogen-bond donors (Lipinski definition) is 2. The van der Waals surface area contributed by atoms with Crippen molar-refractivity contribution in [2.45, 2.75) is 0 Å². The fourth-order valence-corrected chi connectivity index (χ4v) is 4.60. The van der Waals surface area contributed by atoms with Gasteiger partial charge < -0.3 is 25.1 Å². The Hall–Kier alpha value is -3.91. The average molecular weight is 545 g/mol. The highest BCUT2D eigenvalue weighted by atomic mass is 32.2. The Kier molecular flexibility index (Phi) is 7.33. The summed E-state index contributed by atoms with van der Waals surface area (Å²) >= 11 is 0. The van der Waals surface area contributed by atoms with Gasteiger partial charge in [0.1, 0.15) is 23.9 Å². The van der Waals surface area contributed by atoms with Gasteiger partial charge in [0, 0.05) is 57.7 Å². The quantitative estimate of drug-likeness (QED) is 0.301. The molecule has 3 aromatic heterocycles. The van der Waals surface area contributed by atoms with E-state index in [4.69, 9.17) is 14.9 Å². The lowest BCUT2D eigenvalue weighted by Crippen LogP contribution is -2.48. The van der Waals surface area contributed by atoms with Gasteiger partial charge in [0.25, 0.3) is 0 Å². The third kappa shape index (κ3) is 6.14. The van der Waals surface area contributed by atoms with E-state index >= 15 is 0 Å².